The molecule has 0 spiro atoms. The van der Waals surface area contributed by atoms with Crippen molar-refractivity contribution < 1.29 is 9.47 Å². The molecule has 172 valence electrons. The van der Waals surface area contributed by atoms with Crippen molar-refractivity contribution in [3.8, 4) is 0 Å². The number of epoxide rings is 1. The predicted octanol–water partition coefficient (Wildman–Crippen LogP) is 8.76. The fourth-order valence-electron chi connectivity index (χ4n) is 5.09. The number of ether oxygens (including phenoxy) is 2. The summed E-state index contributed by atoms with van der Waals surface area (Å²) in [7, 11) is 0. The zero-order chi connectivity index (χ0) is 20.5. The molecular weight excluding hydrogens is 356 g/mol. The van der Waals surface area contributed by atoms with Crippen molar-refractivity contribution in [2.24, 2.45) is 0 Å². The van der Waals surface area contributed by atoms with Crippen LogP contribution in [-0.2, 0) is 9.47 Å². The highest BCUT2D eigenvalue weighted by Gasteiger charge is 2.35. The average Bonchev–Trinajstić information content (AvgIpc) is 3.57. The van der Waals surface area contributed by atoms with Crippen LogP contribution in [0.25, 0.3) is 0 Å². The van der Waals surface area contributed by atoms with Crippen molar-refractivity contribution in [3.05, 3.63) is 0 Å². The third kappa shape index (κ3) is 13.0. The Morgan fingerprint density at radius 2 is 1.10 bits per heavy atom. The Hall–Kier alpha value is -0.0800. The minimum Gasteiger partial charge on any atom is -0.372 e. The smallest absolute Gasteiger partial charge is 0.104 e. The van der Waals surface area contributed by atoms with Gasteiger partial charge >= 0.3 is 0 Å². The largest absolute Gasteiger partial charge is 0.372 e. The second kappa shape index (κ2) is 16.6. The van der Waals surface area contributed by atoms with Gasteiger partial charge in [-0.25, -0.2) is 0 Å². The van der Waals surface area contributed by atoms with Crippen molar-refractivity contribution >= 4 is 0 Å². The van der Waals surface area contributed by atoms with Crippen molar-refractivity contribution in [1.29, 1.82) is 0 Å². The summed E-state index contributed by atoms with van der Waals surface area (Å²) in [5.74, 6) is 0. The Morgan fingerprint density at radius 1 is 0.655 bits per heavy atom. The maximum absolute atomic E-state index is 6.39. The van der Waals surface area contributed by atoms with Crippen LogP contribution in [0.15, 0.2) is 0 Å². The minimum absolute atomic E-state index is 0.209. The van der Waals surface area contributed by atoms with Crippen LogP contribution >= 0.6 is 0 Å². The summed E-state index contributed by atoms with van der Waals surface area (Å²) in [5.41, 5.74) is 0.209. The average molecular weight is 409 g/mol. The van der Waals surface area contributed by atoms with E-state index in [0.717, 1.165) is 13.2 Å². The van der Waals surface area contributed by atoms with Gasteiger partial charge in [-0.05, 0) is 19.3 Å². The van der Waals surface area contributed by atoms with E-state index in [1.807, 2.05) is 0 Å². The lowest BCUT2D eigenvalue weighted by molar-refractivity contribution is -0.0815. The van der Waals surface area contributed by atoms with E-state index in [0.29, 0.717) is 6.10 Å². The molecule has 1 unspecified atom stereocenters. The maximum Gasteiger partial charge on any atom is 0.104 e. The zero-order valence-electron chi connectivity index (χ0n) is 19.9. The van der Waals surface area contributed by atoms with Crippen LogP contribution in [0.5, 0.6) is 0 Å². The fourth-order valence-corrected chi connectivity index (χ4v) is 5.09. The number of unbranched alkanes of at least 4 members (excludes halogenated alkanes) is 15. The Morgan fingerprint density at radius 3 is 1.55 bits per heavy atom. The van der Waals surface area contributed by atoms with E-state index in [4.69, 9.17) is 9.47 Å². The van der Waals surface area contributed by atoms with Gasteiger partial charge in [0.05, 0.1) is 18.8 Å². The molecular formula is C27H52O2. The first-order valence-electron chi connectivity index (χ1n) is 13.6. The molecule has 0 bridgehead atoms. The summed E-state index contributed by atoms with van der Waals surface area (Å²) in [6.07, 6.45) is 31.6. The van der Waals surface area contributed by atoms with Gasteiger partial charge in [-0.15, -0.1) is 0 Å². The van der Waals surface area contributed by atoms with Crippen LogP contribution in [0, 0.1) is 0 Å². The normalized spacial score (nSPS) is 20.8. The zero-order valence-corrected chi connectivity index (χ0v) is 19.9. The van der Waals surface area contributed by atoms with Gasteiger partial charge < -0.3 is 9.47 Å². The third-order valence-corrected chi connectivity index (χ3v) is 7.23. The topological polar surface area (TPSA) is 21.8 Å². The predicted molar refractivity (Wildman–Crippen MR) is 126 cm³/mol. The molecule has 0 N–H and O–H groups in total. The van der Waals surface area contributed by atoms with E-state index in [-0.39, 0.29) is 5.60 Å². The molecule has 2 aliphatic rings. The Bertz CT molecular complexity index is 358. The first-order valence-corrected chi connectivity index (χ1v) is 13.6. The second-order valence-corrected chi connectivity index (χ2v) is 10.1. The van der Waals surface area contributed by atoms with Crippen molar-refractivity contribution in [2.75, 3.05) is 13.2 Å². The van der Waals surface area contributed by atoms with Crippen LogP contribution in [-0.4, -0.2) is 24.9 Å². The van der Waals surface area contributed by atoms with Gasteiger partial charge in [0.25, 0.3) is 0 Å². The Balaban J connectivity index is 1.33. The van der Waals surface area contributed by atoms with Crippen LogP contribution < -0.4 is 0 Å². The molecule has 1 saturated heterocycles. The molecule has 1 aliphatic carbocycles. The molecule has 1 aliphatic heterocycles. The van der Waals surface area contributed by atoms with Crippen LogP contribution in [0.3, 0.4) is 0 Å². The highest BCUT2D eigenvalue weighted by atomic mass is 16.6. The minimum atomic E-state index is 0.209. The van der Waals surface area contributed by atoms with Gasteiger partial charge in [-0.2, -0.15) is 0 Å². The highest BCUT2D eigenvalue weighted by Crippen LogP contribution is 2.37. The number of rotatable bonds is 20. The van der Waals surface area contributed by atoms with Crippen LogP contribution in [0.2, 0.25) is 0 Å². The molecule has 0 aromatic rings. The highest BCUT2D eigenvalue weighted by molar-refractivity contribution is 4.85. The summed E-state index contributed by atoms with van der Waals surface area (Å²) in [6.45, 7) is 4.07. The van der Waals surface area contributed by atoms with E-state index in [1.165, 1.54) is 141 Å². The molecule has 2 rings (SSSR count). The van der Waals surface area contributed by atoms with E-state index < -0.39 is 0 Å². The summed E-state index contributed by atoms with van der Waals surface area (Å²) >= 11 is 0. The first-order chi connectivity index (χ1) is 14.3. The van der Waals surface area contributed by atoms with Crippen LogP contribution in [0.1, 0.15) is 148 Å². The Kier molecular flexibility index (Phi) is 14.4. The number of hydrogen-bond donors (Lipinski definition) is 0. The molecule has 0 amide bonds. The summed E-state index contributed by atoms with van der Waals surface area (Å²) in [6, 6.07) is 0. The summed E-state index contributed by atoms with van der Waals surface area (Å²) < 4.78 is 11.7. The Labute approximate surface area is 182 Å². The van der Waals surface area contributed by atoms with Crippen LogP contribution in [0.4, 0.5) is 0 Å². The third-order valence-electron chi connectivity index (χ3n) is 7.23. The molecule has 1 saturated carbocycles. The SMILES string of the molecule is CCCCCCCCCCCCCCCCCCC1(OCC2CO2)CCCCC1. The van der Waals surface area contributed by atoms with E-state index in [9.17, 15) is 0 Å². The van der Waals surface area contributed by atoms with E-state index in [1.54, 1.807) is 0 Å². The standard InChI is InChI=1S/C27H52O2/c1-2-3-4-5-6-7-8-9-10-11-12-13-14-15-16-18-21-27(22-19-17-20-23-27)29-25-26-24-28-26/h26H,2-25H2,1H3. The second-order valence-electron chi connectivity index (χ2n) is 10.1. The molecule has 29 heavy (non-hydrogen) atoms. The van der Waals surface area contributed by atoms with E-state index >= 15 is 0 Å². The molecule has 2 fully saturated rings. The van der Waals surface area contributed by atoms with E-state index in [2.05, 4.69) is 6.92 Å². The van der Waals surface area contributed by atoms with Gasteiger partial charge in [0.1, 0.15) is 6.10 Å². The van der Waals surface area contributed by atoms with Gasteiger partial charge in [-0.1, -0.05) is 129 Å². The fraction of sp³-hybridized carbons (Fsp3) is 1.00. The maximum atomic E-state index is 6.39. The van der Waals surface area contributed by atoms with Crippen molar-refractivity contribution in [1.82, 2.24) is 0 Å². The number of hydrogen-bond acceptors (Lipinski definition) is 2. The van der Waals surface area contributed by atoms with Gasteiger partial charge in [0.2, 0.25) is 0 Å². The first kappa shape index (κ1) is 25.2. The van der Waals surface area contributed by atoms with Gasteiger partial charge in [0, 0.05) is 0 Å². The van der Waals surface area contributed by atoms with Gasteiger partial charge in [-0.3, -0.25) is 0 Å². The van der Waals surface area contributed by atoms with Crippen molar-refractivity contribution in [2.45, 2.75) is 160 Å². The molecule has 1 atom stereocenters. The monoisotopic (exact) mass is 408 g/mol. The molecule has 2 heteroatoms. The molecule has 1 heterocycles. The lowest BCUT2D eigenvalue weighted by Gasteiger charge is -2.37. The molecule has 0 aromatic carbocycles. The summed E-state index contributed by atoms with van der Waals surface area (Å²) in [5, 5.41) is 0. The lowest BCUT2D eigenvalue weighted by Crippen LogP contribution is -2.36. The lowest BCUT2D eigenvalue weighted by atomic mass is 9.81. The van der Waals surface area contributed by atoms with Gasteiger partial charge in [0.15, 0.2) is 0 Å². The molecule has 2 nitrogen and oxygen atoms in total. The van der Waals surface area contributed by atoms with Crippen molar-refractivity contribution in [3.63, 3.8) is 0 Å². The summed E-state index contributed by atoms with van der Waals surface area (Å²) in [4.78, 5) is 0. The molecule has 0 radical (unpaired) electrons. The molecule has 0 aromatic heterocycles. The quantitative estimate of drug-likeness (QED) is 0.148.